The Hall–Kier alpha value is -2.67. The molecule has 3 aromatic rings. The van der Waals surface area contributed by atoms with Gasteiger partial charge in [0, 0.05) is 29.7 Å². The maximum absolute atomic E-state index is 12.8. The zero-order valence-electron chi connectivity index (χ0n) is 16.1. The van der Waals surface area contributed by atoms with Crippen molar-refractivity contribution in [1.82, 2.24) is 19.8 Å². The summed E-state index contributed by atoms with van der Waals surface area (Å²) in [5, 5.41) is 3.01. The highest BCUT2D eigenvalue weighted by Crippen LogP contribution is 2.21. The van der Waals surface area contributed by atoms with E-state index >= 15 is 0 Å². The highest BCUT2D eigenvalue weighted by molar-refractivity contribution is 9.10. The van der Waals surface area contributed by atoms with E-state index in [0.717, 1.165) is 34.9 Å². The highest BCUT2D eigenvalue weighted by Gasteiger charge is 2.34. The summed E-state index contributed by atoms with van der Waals surface area (Å²) >= 11 is 3.38. The summed E-state index contributed by atoms with van der Waals surface area (Å²) in [6, 6.07) is 14.9. The summed E-state index contributed by atoms with van der Waals surface area (Å²) < 4.78 is 3.02. The molecule has 4 rings (SSSR count). The molecule has 1 aliphatic rings. The van der Waals surface area contributed by atoms with Gasteiger partial charge in [0.1, 0.15) is 6.04 Å². The van der Waals surface area contributed by atoms with E-state index in [0.29, 0.717) is 25.1 Å². The standard InChI is InChI=1S/C22H23BrN4O2/c23-17-10-8-16(9-11-17)22(29)27-14-3-7-20(27)21(28)24-12-4-13-26-15-25-18-5-1-2-6-19(18)26/h1-2,5-6,8-11,15,20H,3-4,7,12-14H2,(H,24,28). The van der Waals surface area contributed by atoms with Crippen LogP contribution in [0.1, 0.15) is 29.6 Å². The normalized spacial score (nSPS) is 16.3. The van der Waals surface area contributed by atoms with E-state index in [1.54, 1.807) is 17.0 Å². The number of likely N-dealkylation sites (tertiary alicyclic amines) is 1. The molecule has 1 atom stereocenters. The smallest absolute Gasteiger partial charge is 0.254 e. The molecule has 1 saturated heterocycles. The summed E-state index contributed by atoms with van der Waals surface area (Å²) in [5.41, 5.74) is 2.69. The Labute approximate surface area is 178 Å². The number of nitrogens with zero attached hydrogens (tertiary/aromatic N) is 3. The van der Waals surface area contributed by atoms with Crippen LogP contribution < -0.4 is 5.32 Å². The number of para-hydroxylation sites is 2. The summed E-state index contributed by atoms with van der Waals surface area (Å²) in [6.45, 7) is 1.98. The molecule has 1 aromatic heterocycles. The van der Waals surface area contributed by atoms with Gasteiger partial charge in [0.05, 0.1) is 17.4 Å². The van der Waals surface area contributed by atoms with Crippen LogP contribution in [-0.2, 0) is 11.3 Å². The monoisotopic (exact) mass is 454 g/mol. The Morgan fingerprint density at radius 1 is 1.14 bits per heavy atom. The first-order valence-electron chi connectivity index (χ1n) is 9.87. The minimum absolute atomic E-state index is 0.0662. The van der Waals surface area contributed by atoms with E-state index in [1.165, 1.54) is 0 Å². The second-order valence-electron chi connectivity index (χ2n) is 7.23. The molecule has 1 aliphatic heterocycles. The van der Waals surface area contributed by atoms with Crippen LogP contribution in [-0.4, -0.2) is 45.4 Å². The minimum Gasteiger partial charge on any atom is -0.354 e. The van der Waals surface area contributed by atoms with Gasteiger partial charge in [0.15, 0.2) is 0 Å². The van der Waals surface area contributed by atoms with Gasteiger partial charge in [-0.3, -0.25) is 9.59 Å². The molecule has 150 valence electrons. The third-order valence-electron chi connectivity index (χ3n) is 5.31. The van der Waals surface area contributed by atoms with E-state index in [-0.39, 0.29) is 17.9 Å². The van der Waals surface area contributed by atoms with Gasteiger partial charge in [-0.1, -0.05) is 28.1 Å². The largest absolute Gasteiger partial charge is 0.354 e. The molecule has 29 heavy (non-hydrogen) atoms. The molecular weight excluding hydrogens is 432 g/mol. The van der Waals surface area contributed by atoms with Crippen molar-refractivity contribution in [3.8, 4) is 0 Å². The van der Waals surface area contributed by atoms with Crippen molar-refractivity contribution in [1.29, 1.82) is 0 Å². The average Bonchev–Trinajstić information content (AvgIpc) is 3.39. The van der Waals surface area contributed by atoms with Crippen LogP contribution in [0, 0.1) is 0 Å². The molecule has 2 aromatic carbocycles. The van der Waals surface area contributed by atoms with Crippen molar-refractivity contribution in [2.75, 3.05) is 13.1 Å². The number of hydrogen-bond acceptors (Lipinski definition) is 3. The maximum Gasteiger partial charge on any atom is 0.254 e. The number of amides is 2. The number of halogens is 1. The van der Waals surface area contributed by atoms with Gasteiger partial charge in [-0.15, -0.1) is 0 Å². The minimum atomic E-state index is -0.389. The lowest BCUT2D eigenvalue weighted by Crippen LogP contribution is -2.46. The van der Waals surface area contributed by atoms with Gasteiger partial charge < -0.3 is 14.8 Å². The SMILES string of the molecule is O=C(NCCCn1cnc2ccccc21)C1CCCN1C(=O)c1ccc(Br)cc1. The first-order chi connectivity index (χ1) is 14.1. The number of carbonyl (C=O) groups is 2. The van der Waals surface area contributed by atoms with Gasteiger partial charge in [-0.25, -0.2) is 4.98 Å². The zero-order chi connectivity index (χ0) is 20.2. The number of aromatic nitrogens is 2. The molecule has 1 unspecified atom stereocenters. The number of imidazole rings is 1. The summed E-state index contributed by atoms with van der Waals surface area (Å²) in [6.07, 6.45) is 4.20. The fourth-order valence-corrected chi connectivity index (χ4v) is 4.07. The van der Waals surface area contributed by atoms with Crippen molar-refractivity contribution in [3.05, 3.63) is 64.9 Å². The van der Waals surface area contributed by atoms with Crippen molar-refractivity contribution in [2.45, 2.75) is 31.8 Å². The first-order valence-corrected chi connectivity index (χ1v) is 10.7. The number of hydrogen-bond donors (Lipinski definition) is 1. The average molecular weight is 455 g/mol. The lowest BCUT2D eigenvalue weighted by Gasteiger charge is -2.24. The molecule has 0 spiro atoms. The molecule has 6 nitrogen and oxygen atoms in total. The number of aryl methyl sites for hydroxylation is 1. The molecule has 0 aliphatic carbocycles. The van der Waals surface area contributed by atoms with Crippen LogP contribution in [0.25, 0.3) is 11.0 Å². The molecule has 2 amide bonds. The molecule has 0 bridgehead atoms. The van der Waals surface area contributed by atoms with Gasteiger partial charge in [-0.2, -0.15) is 0 Å². The molecule has 2 heterocycles. The first kappa shape index (κ1) is 19.6. The van der Waals surface area contributed by atoms with Crippen LogP contribution in [0.15, 0.2) is 59.3 Å². The van der Waals surface area contributed by atoms with Crippen LogP contribution in [0.3, 0.4) is 0 Å². The molecule has 1 fully saturated rings. The lowest BCUT2D eigenvalue weighted by atomic mass is 10.1. The van der Waals surface area contributed by atoms with Gasteiger partial charge in [-0.05, 0) is 55.7 Å². The number of fused-ring (bicyclic) bond motifs is 1. The summed E-state index contributed by atoms with van der Waals surface area (Å²) in [7, 11) is 0. The Morgan fingerprint density at radius 2 is 1.93 bits per heavy atom. The molecule has 0 radical (unpaired) electrons. The van der Waals surface area contributed by atoms with Crippen molar-refractivity contribution in [2.24, 2.45) is 0 Å². The fraction of sp³-hybridized carbons (Fsp3) is 0.318. The topological polar surface area (TPSA) is 67.2 Å². The maximum atomic E-state index is 12.8. The predicted octanol–water partition coefficient (Wildman–Crippen LogP) is 3.61. The third kappa shape index (κ3) is 4.34. The molecule has 1 N–H and O–H groups in total. The Kier molecular flexibility index (Phi) is 5.94. The second-order valence-corrected chi connectivity index (χ2v) is 8.15. The van der Waals surface area contributed by atoms with E-state index in [2.05, 4.69) is 30.8 Å². The quantitative estimate of drug-likeness (QED) is 0.578. The second kappa shape index (κ2) is 8.78. The van der Waals surface area contributed by atoms with Gasteiger partial charge in [0.25, 0.3) is 5.91 Å². The number of nitrogens with one attached hydrogen (secondary N) is 1. The van der Waals surface area contributed by atoms with E-state index < -0.39 is 0 Å². The van der Waals surface area contributed by atoms with Crippen molar-refractivity contribution < 1.29 is 9.59 Å². The summed E-state index contributed by atoms with van der Waals surface area (Å²) in [4.78, 5) is 31.6. The molecule has 0 saturated carbocycles. The van der Waals surface area contributed by atoms with E-state index in [9.17, 15) is 9.59 Å². The number of rotatable bonds is 6. The van der Waals surface area contributed by atoms with Crippen LogP contribution in [0.4, 0.5) is 0 Å². The fourth-order valence-electron chi connectivity index (χ4n) is 3.81. The van der Waals surface area contributed by atoms with Gasteiger partial charge >= 0.3 is 0 Å². The van der Waals surface area contributed by atoms with E-state index in [1.807, 2.05) is 42.7 Å². The van der Waals surface area contributed by atoms with Crippen molar-refractivity contribution >= 4 is 38.8 Å². The lowest BCUT2D eigenvalue weighted by molar-refractivity contribution is -0.124. The van der Waals surface area contributed by atoms with Gasteiger partial charge in [0.2, 0.25) is 5.91 Å². The Bertz CT molecular complexity index is 1020. The Balaban J connectivity index is 1.30. The number of carbonyl (C=O) groups excluding carboxylic acids is 2. The van der Waals surface area contributed by atoms with Crippen LogP contribution in [0.5, 0.6) is 0 Å². The van der Waals surface area contributed by atoms with Crippen LogP contribution >= 0.6 is 15.9 Å². The molecular formula is C22H23BrN4O2. The third-order valence-corrected chi connectivity index (χ3v) is 5.84. The molecule has 7 heteroatoms. The summed E-state index contributed by atoms with van der Waals surface area (Å²) in [5.74, 6) is -0.150. The number of benzene rings is 2. The van der Waals surface area contributed by atoms with E-state index in [4.69, 9.17) is 0 Å². The van der Waals surface area contributed by atoms with Crippen molar-refractivity contribution in [3.63, 3.8) is 0 Å². The van der Waals surface area contributed by atoms with Crippen LogP contribution in [0.2, 0.25) is 0 Å². The highest BCUT2D eigenvalue weighted by atomic mass is 79.9. The zero-order valence-corrected chi connectivity index (χ0v) is 17.6. The predicted molar refractivity (Wildman–Crippen MR) is 116 cm³/mol. The Morgan fingerprint density at radius 3 is 2.76 bits per heavy atom.